The van der Waals surface area contributed by atoms with Crippen molar-refractivity contribution >= 4 is 28.6 Å². The number of alkyl halides is 1. The van der Waals surface area contributed by atoms with Gasteiger partial charge in [-0.1, -0.05) is 6.42 Å². The molecule has 0 amide bonds. The number of anilines is 1. The Morgan fingerprint density at radius 3 is 2.69 bits per heavy atom. The average molecular weight is 387 g/mol. The molecule has 0 saturated carbocycles. The summed E-state index contributed by atoms with van der Waals surface area (Å²) in [5.74, 6) is 0.454. The number of aliphatic hydroxyl groups excluding tert-OH is 2. The Kier molecular flexibility index (Phi) is 4.93. The van der Waals surface area contributed by atoms with Crippen LogP contribution in [0.2, 0.25) is 5.28 Å². The van der Waals surface area contributed by atoms with E-state index in [1.54, 1.807) is 0 Å². The molecular formula is C15H20ClFN6O3. The molecule has 4 atom stereocenters. The lowest BCUT2D eigenvalue weighted by atomic mass is 10.1. The number of nitrogens with zero attached hydrogens (tertiary/aromatic N) is 5. The number of ether oxygens (including phenoxy) is 1. The van der Waals surface area contributed by atoms with E-state index < -0.39 is 31.2 Å². The second-order valence-corrected chi connectivity index (χ2v) is 6.86. The predicted octanol–water partition coefficient (Wildman–Crippen LogP) is 0.881. The van der Waals surface area contributed by atoms with Crippen LogP contribution >= 0.6 is 11.6 Å². The molecule has 0 aromatic carbocycles. The van der Waals surface area contributed by atoms with Crippen LogP contribution in [0.1, 0.15) is 25.5 Å². The number of hydrazine groups is 1. The lowest BCUT2D eigenvalue weighted by molar-refractivity contribution is -0.0409. The first-order chi connectivity index (χ1) is 12.6. The second-order valence-electron chi connectivity index (χ2n) is 6.53. The average Bonchev–Trinajstić information content (AvgIpc) is 3.17. The standard InChI is InChI=1S/C15H20ClFN6O3/c16-15-19-12(21-22-4-2-1-3-5-22)9-13(20-15)23(7-18-9)14-11(25)10(24)8(6-17)26-14/h7-8,10-11,14,24-25H,1-6H2,(H,19,20,21). The molecule has 0 spiro atoms. The molecule has 0 bridgehead atoms. The van der Waals surface area contributed by atoms with Crippen molar-refractivity contribution in [2.45, 2.75) is 43.8 Å². The molecule has 0 radical (unpaired) electrons. The summed E-state index contributed by atoms with van der Waals surface area (Å²) in [5, 5.41) is 22.2. The Morgan fingerprint density at radius 2 is 2.00 bits per heavy atom. The van der Waals surface area contributed by atoms with Crippen molar-refractivity contribution in [3.05, 3.63) is 11.6 Å². The quantitative estimate of drug-likeness (QED) is 0.664. The molecule has 4 unspecified atom stereocenters. The number of aromatic nitrogens is 4. The van der Waals surface area contributed by atoms with Crippen LogP contribution in [0.4, 0.5) is 10.2 Å². The Labute approximate surface area is 153 Å². The van der Waals surface area contributed by atoms with Crippen molar-refractivity contribution < 1.29 is 19.3 Å². The first-order valence-corrected chi connectivity index (χ1v) is 8.95. The van der Waals surface area contributed by atoms with Gasteiger partial charge in [0.1, 0.15) is 25.0 Å². The number of rotatable bonds is 4. The van der Waals surface area contributed by atoms with E-state index in [4.69, 9.17) is 16.3 Å². The molecule has 4 heterocycles. The number of piperidine rings is 1. The van der Waals surface area contributed by atoms with Crippen LogP contribution in [0, 0.1) is 0 Å². The topological polar surface area (TPSA) is 109 Å². The van der Waals surface area contributed by atoms with E-state index in [9.17, 15) is 14.6 Å². The van der Waals surface area contributed by atoms with Gasteiger partial charge in [0.05, 0.1) is 6.33 Å². The lowest BCUT2D eigenvalue weighted by Crippen LogP contribution is -2.35. The maximum absolute atomic E-state index is 13.0. The smallest absolute Gasteiger partial charge is 0.226 e. The summed E-state index contributed by atoms with van der Waals surface area (Å²) in [4.78, 5) is 12.7. The lowest BCUT2D eigenvalue weighted by Gasteiger charge is -2.27. The zero-order valence-electron chi connectivity index (χ0n) is 13.9. The Balaban J connectivity index is 1.67. The number of hydrogen-bond donors (Lipinski definition) is 3. The normalized spacial score (nSPS) is 30.2. The second kappa shape index (κ2) is 7.20. The number of fused-ring (bicyclic) bond motifs is 1. The van der Waals surface area contributed by atoms with E-state index in [-0.39, 0.29) is 5.28 Å². The van der Waals surface area contributed by atoms with Gasteiger partial charge in [-0.2, -0.15) is 9.97 Å². The molecule has 142 valence electrons. The summed E-state index contributed by atoms with van der Waals surface area (Å²) in [7, 11) is 0. The van der Waals surface area contributed by atoms with E-state index in [2.05, 4.69) is 20.4 Å². The van der Waals surface area contributed by atoms with Crippen molar-refractivity contribution in [1.82, 2.24) is 24.5 Å². The van der Waals surface area contributed by atoms with Gasteiger partial charge in [0.15, 0.2) is 23.2 Å². The van der Waals surface area contributed by atoms with Gasteiger partial charge >= 0.3 is 0 Å². The minimum atomic E-state index is -1.33. The molecule has 11 heteroatoms. The molecule has 26 heavy (non-hydrogen) atoms. The molecule has 2 aromatic heterocycles. The fraction of sp³-hybridized carbons (Fsp3) is 0.667. The molecule has 2 aliphatic heterocycles. The fourth-order valence-corrected chi connectivity index (χ4v) is 3.56. The van der Waals surface area contributed by atoms with E-state index in [0.29, 0.717) is 17.0 Å². The summed E-state index contributed by atoms with van der Waals surface area (Å²) >= 11 is 6.06. The number of aliphatic hydroxyl groups is 2. The van der Waals surface area contributed by atoms with Crippen LogP contribution in [-0.4, -0.2) is 72.8 Å². The Bertz CT molecular complexity index is 786. The van der Waals surface area contributed by atoms with Crippen LogP contribution in [-0.2, 0) is 4.74 Å². The van der Waals surface area contributed by atoms with Crippen LogP contribution in [0.25, 0.3) is 11.2 Å². The molecule has 9 nitrogen and oxygen atoms in total. The predicted molar refractivity (Wildman–Crippen MR) is 91.3 cm³/mol. The summed E-state index contributed by atoms with van der Waals surface area (Å²) < 4.78 is 19.8. The largest absolute Gasteiger partial charge is 0.387 e. The number of nitrogens with one attached hydrogen (secondary N) is 1. The molecule has 2 saturated heterocycles. The van der Waals surface area contributed by atoms with Crippen molar-refractivity contribution in [2.75, 3.05) is 25.2 Å². The van der Waals surface area contributed by atoms with Crippen molar-refractivity contribution in [2.24, 2.45) is 0 Å². The maximum atomic E-state index is 13.0. The van der Waals surface area contributed by atoms with Crippen LogP contribution in [0.15, 0.2) is 6.33 Å². The molecule has 3 N–H and O–H groups in total. The zero-order chi connectivity index (χ0) is 18.3. The first-order valence-electron chi connectivity index (χ1n) is 8.57. The number of imidazole rings is 1. The van der Waals surface area contributed by atoms with Gasteiger partial charge < -0.3 is 20.4 Å². The van der Waals surface area contributed by atoms with Crippen LogP contribution in [0.3, 0.4) is 0 Å². The third-order valence-corrected chi connectivity index (χ3v) is 4.95. The summed E-state index contributed by atoms with van der Waals surface area (Å²) in [6.45, 7) is 0.871. The maximum Gasteiger partial charge on any atom is 0.226 e. The van der Waals surface area contributed by atoms with Crippen molar-refractivity contribution in [1.29, 1.82) is 0 Å². The van der Waals surface area contributed by atoms with E-state index in [1.165, 1.54) is 17.3 Å². The van der Waals surface area contributed by atoms with Crippen LogP contribution in [0.5, 0.6) is 0 Å². The van der Waals surface area contributed by atoms with Gasteiger partial charge in [-0.25, -0.2) is 14.4 Å². The molecule has 4 rings (SSSR count). The summed E-state index contributed by atoms with van der Waals surface area (Å²) in [6.07, 6.45) is 0.0496. The number of halogens is 2. The fourth-order valence-electron chi connectivity index (χ4n) is 3.40. The van der Waals surface area contributed by atoms with E-state index in [0.717, 1.165) is 25.9 Å². The van der Waals surface area contributed by atoms with Gasteiger partial charge in [0.2, 0.25) is 5.28 Å². The van der Waals surface area contributed by atoms with E-state index >= 15 is 0 Å². The van der Waals surface area contributed by atoms with Gasteiger partial charge in [0.25, 0.3) is 0 Å². The molecule has 2 fully saturated rings. The van der Waals surface area contributed by atoms with Gasteiger partial charge in [-0.05, 0) is 24.4 Å². The highest BCUT2D eigenvalue weighted by Crippen LogP contribution is 2.33. The first kappa shape index (κ1) is 17.8. The van der Waals surface area contributed by atoms with E-state index in [1.807, 2.05) is 5.01 Å². The minimum Gasteiger partial charge on any atom is -0.387 e. The van der Waals surface area contributed by atoms with Crippen molar-refractivity contribution in [3.8, 4) is 0 Å². The van der Waals surface area contributed by atoms with Gasteiger partial charge in [0, 0.05) is 13.1 Å². The van der Waals surface area contributed by atoms with Gasteiger partial charge in [-0.3, -0.25) is 4.57 Å². The van der Waals surface area contributed by atoms with Crippen LogP contribution < -0.4 is 5.43 Å². The minimum absolute atomic E-state index is 0.00818. The number of hydrogen-bond acceptors (Lipinski definition) is 8. The third kappa shape index (κ3) is 3.12. The monoisotopic (exact) mass is 386 g/mol. The Morgan fingerprint density at radius 1 is 1.23 bits per heavy atom. The Hall–Kier alpha value is -1.59. The molecular weight excluding hydrogens is 367 g/mol. The third-order valence-electron chi connectivity index (χ3n) is 4.78. The van der Waals surface area contributed by atoms with Gasteiger partial charge in [-0.15, -0.1) is 0 Å². The summed E-state index contributed by atoms with van der Waals surface area (Å²) in [5.41, 5.74) is 4.00. The molecule has 2 aliphatic rings. The summed E-state index contributed by atoms with van der Waals surface area (Å²) in [6, 6.07) is 0. The zero-order valence-corrected chi connectivity index (χ0v) is 14.7. The SMILES string of the molecule is OC1C(CF)OC(n2cnc3c(NN4CCCCC4)nc(Cl)nc32)C1O. The molecule has 2 aromatic rings. The van der Waals surface area contributed by atoms with Crippen molar-refractivity contribution in [3.63, 3.8) is 0 Å². The highest BCUT2D eigenvalue weighted by molar-refractivity contribution is 6.28. The highest BCUT2D eigenvalue weighted by Gasteiger charge is 2.44. The molecule has 0 aliphatic carbocycles. The highest BCUT2D eigenvalue weighted by atomic mass is 35.5.